The minimum Gasteiger partial charge on any atom is -0.508 e. The van der Waals surface area contributed by atoms with Crippen molar-refractivity contribution in [2.24, 2.45) is 5.73 Å². The predicted octanol–water partition coefficient (Wildman–Crippen LogP) is 2.49. The summed E-state index contributed by atoms with van der Waals surface area (Å²) in [5.41, 5.74) is 7.05. The number of aromatic hydroxyl groups is 1. The van der Waals surface area contributed by atoms with E-state index in [0.29, 0.717) is 5.75 Å². The topological polar surface area (TPSA) is 46.2 Å². The van der Waals surface area contributed by atoms with Crippen molar-refractivity contribution >= 4 is 11.8 Å². The number of phenolic OH excluding ortho intramolecular Hbond substituents is 1. The first-order valence-electron chi connectivity index (χ1n) is 5.23. The van der Waals surface area contributed by atoms with Crippen molar-refractivity contribution < 1.29 is 5.11 Å². The van der Waals surface area contributed by atoms with Gasteiger partial charge in [-0.3, -0.25) is 0 Å². The van der Waals surface area contributed by atoms with Crippen LogP contribution < -0.4 is 5.73 Å². The normalized spacial score (nSPS) is 19.9. The first-order chi connectivity index (χ1) is 7.10. The Balaban J connectivity index is 2.37. The van der Waals surface area contributed by atoms with Gasteiger partial charge in [0.1, 0.15) is 5.75 Å². The molecule has 0 aliphatic heterocycles. The lowest BCUT2D eigenvalue weighted by Crippen LogP contribution is -2.31. The average molecular weight is 223 g/mol. The molecule has 1 fully saturated rings. The molecule has 1 unspecified atom stereocenters. The van der Waals surface area contributed by atoms with E-state index in [9.17, 15) is 5.11 Å². The predicted molar refractivity (Wildman–Crippen MR) is 64.4 cm³/mol. The number of hydrogen-bond acceptors (Lipinski definition) is 3. The highest BCUT2D eigenvalue weighted by Gasteiger charge is 2.48. The van der Waals surface area contributed by atoms with Crippen LogP contribution in [0.4, 0.5) is 0 Å². The van der Waals surface area contributed by atoms with Crippen LogP contribution in [0.3, 0.4) is 0 Å². The van der Waals surface area contributed by atoms with Gasteiger partial charge >= 0.3 is 0 Å². The van der Waals surface area contributed by atoms with Crippen LogP contribution in [0.1, 0.15) is 25.3 Å². The van der Waals surface area contributed by atoms with Gasteiger partial charge in [0.15, 0.2) is 0 Å². The molecule has 0 saturated heterocycles. The van der Waals surface area contributed by atoms with Crippen molar-refractivity contribution in [2.45, 2.75) is 36.1 Å². The summed E-state index contributed by atoms with van der Waals surface area (Å²) < 4.78 is 0. The fraction of sp³-hybridized carbons (Fsp3) is 0.500. The largest absolute Gasteiger partial charge is 0.508 e. The monoisotopic (exact) mass is 223 g/mol. The molecule has 3 heteroatoms. The van der Waals surface area contributed by atoms with Crippen molar-refractivity contribution in [3.63, 3.8) is 0 Å². The first kappa shape index (κ1) is 10.8. The van der Waals surface area contributed by atoms with E-state index >= 15 is 0 Å². The number of phenols is 1. The zero-order valence-electron chi connectivity index (χ0n) is 9.16. The summed E-state index contributed by atoms with van der Waals surface area (Å²) in [7, 11) is 0. The fourth-order valence-electron chi connectivity index (χ4n) is 2.16. The van der Waals surface area contributed by atoms with E-state index in [0.717, 1.165) is 23.3 Å². The van der Waals surface area contributed by atoms with Gasteiger partial charge in [-0.1, -0.05) is 6.07 Å². The van der Waals surface area contributed by atoms with Crippen molar-refractivity contribution in [3.05, 3.63) is 23.8 Å². The zero-order valence-corrected chi connectivity index (χ0v) is 9.97. The molecule has 1 aliphatic carbocycles. The lowest BCUT2D eigenvalue weighted by Gasteiger charge is -2.21. The van der Waals surface area contributed by atoms with Crippen LogP contribution in [-0.2, 0) is 5.41 Å². The van der Waals surface area contributed by atoms with E-state index in [1.165, 1.54) is 0 Å². The van der Waals surface area contributed by atoms with E-state index in [1.807, 2.05) is 25.3 Å². The maximum atomic E-state index is 9.98. The third kappa shape index (κ3) is 1.74. The van der Waals surface area contributed by atoms with Crippen molar-refractivity contribution in [3.8, 4) is 5.75 Å². The third-order valence-electron chi connectivity index (χ3n) is 3.40. The smallest absolute Gasteiger partial charge is 0.120 e. The third-order valence-corrected chi connectivity index (χ3v) is 4.13. The van der Waals surface area contributed by atoms with Crippen molar-refractivity contribution in [2.75, 3.05) is 6.26 Å². The minimum atomic E-state index is 0.0427. The number of nitrogens with two attached hydrogens (primary N) is 1. The van der Waals surface area contributed by atoms with Crippen LogP contribution in [0, 0.1) is 0 Å². The first-order valence-corrected chi connectivity index (χ1v) is 6.46. The van der Waals surface area contributed by atoms with Crippen molar-refractivity contribution in [1.82, 2.24) is 0 Å². The van der Waals surface area contributed by atoms with E-state index in [-0.39, 0.29) is 11.5 Å². The number of hydrogen-bond donors (Lipinski definition) is 2. The van der Waals surface area contributed by atoms with Crippen LogP contribution in [0.5, 0.6) is 5.75 Å². The number of thioether (sulfide) groups is 1. The van der Waals surface area contributed by atoms with Crippen LogP contribution in [0.2, 0.25) is 0 Å². The Kier molecular flexibility index (Phi) is 2.69. The second kappa shape index (κ2) is 3.72. The highest BCUT2D eigenvalue weighted by Crippen LogP contribution is 2.53. The molecule has 2 nitrogen and oxygen atoms in total. The molecular formula is C12H17NOS. The highest BCUT2D eigenvalue weighted by atomic mass is 32.2. The molecule has 3 N–H and O–H groups in total. The van der Waals surface area contributed by atoms with Gasteiger partial charge in [0.2, 0.25) is 0 Å². The summed E-state index contributed by atoms with van der Waals surface area (Å²) >= 11 is 1.64. The van der Waals surface area contributed by atoms with Crippen molar-refractivity contribution in [1.29, 1.82) is 0 Å². The molecule has 82 valence electrons. The van der Waals surface area contributed by atoms with Gasteiger partial charge in [-0.15, -0.1) is 11.8 Å². The van der Waals surface area contributed by atoms with E-state index in [1.54, 1.807) is 11.8 Å². The second-order valence-electron chi connectivity index (χ2n) is 4.33. The summed E-state index contributed by atoms with van der Waals surface area (Å²) in [6.45, 7) is 2.02. The van der Waals surface area contributed by atoms with Crippen LogP contribution in [0.15, 0.2) is 23.1 Å². The fourth-order valence-corrected chi connectivity index (χ4v) is 2.60. The molecule has 1 aromatic rings. The van der Waals surface area contributed by atoms with Gasteiger partial charge in [-0.2, -0.15) is 0 Å². The summed E-state index contributed by atoms with van der Waals surface area (Å²) in [6, 6.07) is 6.03. The van der Waals surface area contributed by atoms with E-state index < -0.39 is 0 Å². The molecule has 1 aliphatic rings. The summed E-state index contributed by atoms with van der Waals surface area (Å²) in [5.74, 6) is 0.400. The van der Waals surface area contributed by atoms with Gasteiger partial charge in [0.25, 0.3) is 0 Å². The lowest BCUT2D eigenvalue weighted by atomic mass is 9.89. The summed E-state index contributed by atoms with van der Waals surface area (Å²) in [5, 5.41) is 9.98. The minimum absolute atomic E-state index is 0.0427. The molecule has 2 rings (SSSR count). The maximum Gasteiger partial charge on any atom is 0.120 e. The molecule has 1 atom stereocenters. The quantitative estimate of drug-likeness (QED) is 0.774. The Morgan fingerprint density at radius 2 is 2.13 bits per heavy atom. The molecule has 1 saturated carbocycles. The van der Waals surface area contributed by atoms with Gasteiger partial charge in [0.05, 0.1) is 0 Å². The van der Waals surface area contributed by atoms with E-state index in [2.05, 4.69) is 6.07 Å². The summed E-state index contributed by atoms with van der Waals surface area (Å²) in [4.78, 5) is 1.09. The van der Waals surface area contributed by atoms with Gasteiger partial charge in [0, 0.05) is 21.9 Å². The molecule has 0 aromatic heterocycles. The second-order valence-corrected chi connectivity index (χ2v) is 5.21. The van der Waals surface area contributed by atoms with Crippen LogP contribution >= 0.6 is 11.8 Å². The van der Waals surface area contributed by atoms with E-state index in [4.69, 9.17) is 5.73 Å². The Morgan fingerprint density at radius 1 is 1.47 bits per heavy atom. The molecule has 15 heavy (non-hydrogen) atoms. The molecular weight excluding hydrogens is 206 g/mol. The van der Waals surface area contributed by atoms with Gasteiger partial charge in [-0.25, -0.2) is 0 Å². The molecule has 0 radical (unpaired) electrons. The highest BCUT2D eigenvalue weighted by molar-refractivity contribution is 7.98. The van der Waals surface area contributed by atoms with Gasteiger partial charge in [-0.05, 0) is 38.2 Å². The molecule has 0 amide bonds. The Bertz CT molecular complexity index is 372. The molecule has 0 heterocycles. The average Bonchev–Trinajstić information content (AvgIpc) is 2.98. The SMILES string of the molecule is CSc1ccc(C2(C(C)N)CC2)c(O)c1. The molecule has 0 spiro atoms. The van der Waals surface area contributed by atoms with Crippen LogP contribution in [-0.4, -0.2) is 17.4 Å². The lowest BCUT2D eigenvalue weighted by molar-refractivity contribution is 0.445. The maximum absolute atomic E-state index is 9.98. The Hall–Kier alpha value is -0.670. The number of benzene rings is 1. The number of rotatable bonds is 3. The molecule has 0 bridgehead atoms. The summed E-state index contributed by atoms with van der Waals surface area (Å²) in [6.07, 6.45) is 4.20. The zero-order chi connectivity index (χ0) is 11.1. The Labute approximate surface area is 94.9 Å². The molecule has 1 aromatic carbocycles. The standard InChI is InChI=1S/C12H17NOS/c1-8(13)12(5-6-12)10-4-3-9(15-2)7-11(10)14/h3-4,7-8,14H,5-6,13H2,1-2H3. The van der Waals surface area contributed by atoms with Gasteiger partial charge < -0.3 is 10.8 Å². The Morgan fingerprint density at radius 3 is 2.53 bits per heavy atom. The van der Waals surface area contributed by atoms with Crippen LogP contribution in [0.25, 0.3) is 0 Å².